The summed E-state index contributed by atoms with van der Waals surface area (Å²) in [7, 11) is 0. The van der Waals surface area contributed by atoms with Gasteiger partial charge in [0, 0.05) is 24.0 Å². The first kappa shape index (κ1) is 19.2. The third-order valence-corrected chi connectivity index (χ3v) is 5.87. The lowest BCUT2D eigenvalue weighted by Gasteiger charge is -2.36. The number of likely N-dealkylation sites (tertiary alicyclic amines) is 1. The number of nitrogens with two attached hydrogens (primary N) is 1. The number of ether oxygens (including phenoxy) is 2. The van der Waals surface area contributed by atoms with Crippen LogP contribution in [0, 0.1) is 0 Å². The van der Waals surface area contributed by atoms with E-state index in [4.69, 9.17) is 15.2 Å². The Kier molecular flexibility index (Phi) is 4.62. The number of imide groups is 1. The van der Waals surface area contributed by atoms with Crippen LogP contribution in [0.25, 0.3) is 10.8 Å². The topological polar surface area (TPSA) is 81.9 Å². The van der Waals surface area contributed by atoms with Gasteiger partial charge in [-0.05, 0) is 29.3 Å². The average molecular weight is 414 g/mol. The summed E-state index contributed by atoms with van der Waals surface area (Å²) in [5, 5.41) is 2.08. The van der Waals surface area contributed by atoms with Gasteiger partial charge in [-0.1, -0.05) is 48.5 Å². The molecule has 6 nitrogen and oxygen atoms in total. The molecule has 3 aromatic carbocycles. The maximum absolute atomic E-state index is 13.4. The van der Waals surface area contributed by atoms with Crippen molar-refractivity contribution in [1.82, 2.24) is 4.90 Å². The number of nitrogens with zero attached hydrogens (tertiary/aromatic N) is 1. The van der Waals surface area contributed by atoms with E-state index >= 15 is 0 Å². The molecule has 2 aliphatic rings. The Balaban J connectivity index is 1.49. The van der Waals surface area contributed by atoms with Gasteiger partial charge in [0.25, 0.3) is 5.91 Å². The summed E-state index contributed by atoms with van der Waals surface area (Å²) in [4.78, 5) is 27.7. The van der Waals surface area contributed by atoms with Crippen molar-refractivity contribution in [2.75, 3.05) is 6.61 Å². The molecule has 1 saturated heterocycles. The smallest absolute Gasteiger partial charge is 0.262 e. The van der Waals surface area contributed by atoms with Crippen molar-refractivity contribution in [3.05, 3.63) is 83.2 Å². The first-order chi connectivity index (χ1) is 15.1. The average Bonchev–Trinajstić information content (AvgIpc) is 2.76. The fourth-order valence-corrected chi connectivity index (χ4v) is 4.42. The van der Waals surface area contributed by atoms with Crippen molar-refractivity contribution in [1.29, 1.82) is 0 Å². The second-order valence-corrected chi connectivity index (χ2v) is 7.69. The van der Waals surface area contributed by atoms with Gasteiger partial charge in [-0.15, -0.1) is 0 Å². The maximum Gasteiger partial charge on any atom is 0.262 e. The molecular formula is C25H22N2O4. The Morgan fingerprint density at radius 1 is 1.10 bits per heavy atom. The Labute approximate surface area is 179 Å². The van der Waals surface area contributed by atoms with Gasteiger partial charge in [0.15, 0.2) is 5.88 Å². The second-order valence-electron chi connectivity index (χ2n) is 7.69. The number of hydrogen-bond donors (Lipinski definition) is 1. The number of fused-ring (bicyclic) bond motifs is 4. The molecule has 2 aliphatic heterocycles. The van der Waals surface area contributed by atoms with Crippen LogP contribution in [0.3, 0.4) is 0 Å². The molecule has 0 aromatic heterocycles. The molecule has 1 unspecified atom stereocenters. The van der Waals surface area contributed by atoms with E-state index in [9.17, 15) is 9.59 Å². The summed E-state index contributed by atoms with van der Waals surface area (Å²) in [6, 6.07) is 19.2. The molecule has 1 fully saturated rings. The van der Waals surface area contributed by atoms with Crippen molar-refractivity contribution >= 4 is 22.6 Å². The fourth-order valence-electron chi connectivity index (χ4n) is 4.42. The summed E-state index contributed by atoms with van der Waals surface area (Å²) in [5.41, 5.74) is 8.20. The van der Waals surface area contributed by atoms with Crippen LogP contribution in [0.15, 0.2) is 72.1 Å². The molecule has 31 heavy (non-hydrogen) atoms. The molecule has 0 radical (unpaired) electrons. The number of hydrogen-bond acceptors (Lipinski definition) is 5. The number of carbonyl (C=O) groups is 2. The van der Waals surface area contributed by atoms with E-state index in [0.29, 0.717) is 23.7 Å². The molecule has 5 rings (SSSR count). The number of carbonyl (C=O) groups excluding carboxylic acids is 2. The quantitative estimate of drug-likeness (QED) is 0.656. The molecule has 2 N–H and O–H groups in total. The lowest BCUT2D eigenvalue weighted by atomic mass is 9.82. The highest BCUT2D eigenvalue weighted by atomic mass is 16.5. The monoisotopic (exact) mass is 414 g/mol. The number of amides is 2. The molecular weight excluding hydrogens is 392 g/mol. The van der Waals surface area contributed by atoms with Gasteiger partial charge in [-0.2, -0.15) is 0 Å². The van der Waals surface area contributed by atoms with E-state index in [0.717, 1.165) is 21.9 Å². The Morgan fingerprint density at radius 2 is 1.90 bits per heavy atom. The molecule has 1 atom stereocenters. The fraction of sp³-hybridized carbons (Fsp3) is 0.200. The molecule has 2 heterocycles. The van der Waals surface area contributed by atoms with Crippen LogP contribution in [0.5, 0.6) is 11.5 Å². The SMILES string of the molecule is CCOc1ccc2c(c1)OC(N)=C1C(=O)N(Cc3cccc4ccccc34)C(=O)CC12. The molecule has 0 saturated carbocycles. The lowest BCUT2D eigenvalue weighted by molar-refractivity contribution is -0.146. The van der Waals surface area contributed by atoms with Crippen LogP contribution in [-0.2, 0) is 16.1 Å². The van der Waals surface area contributed by atoms with E-state index in [1.54, 1.807) is 6.07 Å². The van der Waals surface area contributed by atoms with Crippen LogP contribution >= 0.6 is 0 Å². The van der Waals surface area contributed by atoms with Gasteiger partial charge >= 0.3 is 0 Å². The van der Waals surface area contributed by atoms with E-state index in [1.165, 1.54) is 4.90 Å². The number of rotatable bonds is 4. The maximum atomic E-state index is 13.4. The third kappa shape index (κ3) is 3.20. The van der Waals surface area contributed by atoms with Gasteiger partial charge < -0.3 is 15.2 Å². The van der Waals surface area contributed by atoms with Crippen molar-refractivity contribution in [2.45, 2.75) is 25.8 Å². The van der Waals surface area contributed by atoms with E-state index in [-0.39, 0.29) is 24.8 Å². The minimum Gasteiger partial charge on any atom is -0.494 e. The molecule has 0 bridgehead atoms. The van der Waals surface area contributed by atoms with Crippen LogP contribution in [-0.4, -0.2) is 23.3 Å². The van der Waals surface area contributed by atoms with Crippen LogP contribution in [0.2, 0.25) is 0 Å². The molecule has 6 heteroatoms. The summed E-state index contributed by atoms with van der Waals surface area (Å²) in [6.07, 6.45) is 0.164. The zero-order valence-corrected chi connectivity index (χ0v) is 17.1. The van der Waals surface area contributed by atoms with Gasteiger partial charge in [-0.3, -0.25) is 14.5 Å². The van der Waals surface area contributed by atoms with Crippen molar-refractivity contribution < 1.29 is 19.1 Å². The van der Waals surface area contributed by atoms with E-state index < -0.39 is 11.8 Å². The molecule has 0 aliphatic carbocycles. The van der Waals surface area contributed by atoms with Crippen molar-refractivity contribution in [3.8, 4) is 11.5 Å². The highest BCUT2D eigenvalue weighted by molar-refractivity contribution is 6.09. The minimum atomic E-state index is -0.414. The largest absolute Gasteiger partial charge is 0.494 e. The van der Waals surface area contributed by atoms with E-state index in [2.05, 4.69) is 0 Å². The van der Waals surface area contributed by atoms with Gasteiger partial charge in [0.1, 0.15) is 11.5 Å². The standard InChI is InChI=1S/C25H22N2O4/c1-2-30-17-10-11-19-20-13-22(28)27(25(29)23(20)24(26)31-21(19)12-17)14-16-8-5-7-15-6-3-4-9-18(15)16/h3-12,20H,2,13-14,26H2,1H3. The highest BCUT2D eigenvalue weighted by Gasteiger charge is 2.43. The first-order valence-corrected chi connectivity index (χ1v) is 10.3. The van der Waals surface area contributed by atoms with Gasteiger partial charge in [-0.25, -0.2) is 0 Å². The molecule has 0 spiro atoms. The second kappa shape index (κ2) is 7.47. The van der Waals surface area contributed by atoms with E-state index in [1.807, 2.05) is 61.5 Å². The molecule has 2 amide bonds. The first-order valence-electron chi connectivity index (χ1n) is 10.3. The predicted octanol–water partition coefficient (Wildman–Crippen LogP) is 3.84. The third-order valence-electron chi connectivity index (χ3n) is 5.87. The Bertz CT molecular complexity index is 1240. The number of piperidine rings is 1. The molecule has 156 valence electrons. The lowest BCUT2D eigenvalue weighted by Crippen LogP contribution is -2.46. The summed E-state index contributed by atoms with van der Waals surface area (Å²) in [6.45, 7) is 2.62. The van der Waals surface area contributed by atoms with Gasteiger partial charge in [0.05, 0.1) is 18.7 Å². The zero-order valence-electron chi connectivity index (χ0n) is 17.1. The summed E-state index contributed by atoms with van der Waals surface area (Å²) in [5.74, 6) is 0.200. The van der Waals surface area contributed by atoms with Crippen molar-refractivity contribution in [3.63, 3.8) is 0 Å². The Morgan fingerprint density at radius 3 is 2.74 bits per heavy atom. The molecule has 3 aromatic rings. The highest BCUT2D eigenvalue weighted by Crippen LogP contribution is 2.45. The minimum absolute atomic E-state index is 0.0477. The number of benzene rings is 3. The summed E-state index contributed by atoms with van der Waals surface area (Å²) < 4.78 is 11.3. The van der Waals surface area contributed by atoms with Crippen LogP contribution in [0.1, 0.15) is 30.4 Å². The normalized spacial score (nSPS) is 18.0. The van der Waals surface area contributed by atoms with Crippen LogP contribution < -0.4 is 15.2 Å². The van der Waals surface area contributed by atoms with Crippen molar-refractivity contribution in [2.24, 2.45) is 5.73 Å². The van der Waals surface area contributed by atoms with Crippen LogP contribution in [0.4, 0.5) is 0 Å². The Hall–Kier alpha value is -3.80. The summed E-state index contributed by atoms with van der Waals surface area (Å²) >= 11 is 0. The van der Waals surface area contributed by atoms with Gasteiger partial charge in [0.2, 0.25) is 5.91 Å². The zero-order chi connectivity index (χ0) is 21.5. The predicted molar refractivity (Wildman–Crippen MR) is 116 cm³/mol.